The SMILES string of the molecule is CCCCCCCCCCCCCC[N+]12CC[N+](CCCCOCc3ccc4ccc5cccc6ccc3c4c56)(CC1)CC2. The van der Waals surface area contributed by atoms with Crippen molar-refractivity contribution in [2.75, 3.05) is 59.0 Å². The Labute approximate surface area is 268 Å². The maximum absolute atomic E-state index is 6.29. The molecule has 3 nitrogen and oxygen atoms in total. The lowest BCUT2D eigenvalue weighted by Crippen LogP contribution is -2.75. The molecular weight excluding hydrogens is 536 g/mol. The zero-order chi connectivity index (χ0) is 30.1. The summed E-state index contributed by atoms with van der Waals surface area (Å²) in [6, 6.07) is 20.3. The second-order valence-electron chi connectivity index (χ2n) is 14.7. The van der Waals surface area contributed by atoms with E-state index in [1.54, 1.807) is 0 Å². The van der Waals surface area contributed by atoms with Crippen LogP contribution in [0, 0.1) is 0 Å². The summed E-state index contributed by atoms with van der Waals surface area (Å²) >= 11 is 0. The van der Waals surface area contributed by atoms with Gasteiger partial charge in [0, 0.05) is 6.61 Å². The van der Waals surface area contributed by atoms with E-state index in [4.69, 9.17) is 4.74 Å². The molecular formula is C41H60N2O+2. The van der Waals surface area contributed by atoms with Gasteiger partial charge in [-0.15, -0.1) is 0 Å². The summed E-state index contributed by atoms with van der Waals surface area (Å²) in [5.74, 6) is 0. The van der Waals surface area contributed by atoms with Crippen LogP contribution in [0.1, 0.15) is 102 Å². The topological polar surface area (TPSA) is 9.23 Å². The molecule has 0 amide bonds. The lowest BCUT2D eigenvalue weighted by Gasteiger charge is -2.55. The van der Waals surface area contributed by atoms with Crippen molar-refractivity contribution in [2.45, 2.75) is 103 Å². The minimum Gasteiger partial charge on any atom is -0.377 e. The van der Waals surface area contributed by atoms with Gasteiger partial charge >= 0.3 is 0 Å². The minimum absolute atomic E-state index is 0.716. The van der Waals surface area contributed by atoms with Gasteiger partial charge in [0.1, 0.15) is 39.3 Å². The van der Waals surface area contributed by atoms with Gasteiger partial charge in [0.15, 0.2) is 0 Å². The first-order chi connectivity index (χ1) is 21.7. The summed E-state index contributed by atoms with van der Waals surface area (Å²) in [5.41, 5.74) is 1.33. The normalized spacial score (nSPS) is 21.8. The predicted octanol–water partition coefficient (Wildman–Crippen LogP) is 10.2. The number of nitrogens with zero attached hydrogens (tertiary/aromatic N) is 2. The van der Waals surface area contributed by atoms with Gasteiger partial charge in [-0.3, -0.25) is 0 Å². The van der Waals surface area contributed by atoms with E-state index in [1.165, 1.54) is 189 Å². The third kappa shape index (κ3) is 7.60. The molecule has 2 bridgehead atoms. The molecule has 3 fully saturated rings. The molecule has 4 aromatic rings. The van der Waals surface area contributed by atoms with E-state index in [-0.39, 0.29) is 0 Å². The number of quaternary nitrogens is 2. The van der Waals surface area contributed by atoms with E-state index in [0.29, 0.717) is 6.61 Å². The van der Waals surface area contributed by atoms with E-state index in [0.717, 1.165) is 6.61 Å². The first kappa shape index (κ1) is 31.8. The summed E-state index contributed by atoms with van der Waals surface area (Å²) in [5, 5.41) is 8.17. The van der Waals surface area contributed by atoms with Crippen LogP contribution in [-0.2, 0) is 11.3 Å². The molecule has 44 heavy (non-hydrogen) atoms. The van der Waals surface area contributed by atoms with Crippen LogP contribution in [0.3, 0.4) is 0 Å². The number of fused-ring (bicyclic) bond motifs is 3. The quantitative estimate of drug-likeness (QED) is 0.0560. The van der Waals surface area contributed by atoms with Gasteiger partial charge in [-0.05, 0) is 63.6 Å². The van der Waals surface area contributed by atoms with Crippen LogP contribution in [0.4, 0.5) is 0 Å². The van der Waals surface area contributed by atoms with Gasteiger partial charge in [0.2, 0.25) is 0 Å². The summed E-state index contributed by atoms with van der Waals surface area (Å²) in [7, 11) is 0. The van der Waals surface area contributed by atoms with Crippen LogP contribution in [0.2, 0.25) is 0 Å². The van der Waals surface area contributed by atoms with Crippen molar-refractivity contribution in [3.63, 3.8) is 0 Å². The minimum atomic E-state index is 0.716. The van der Waals surface area contributed by atoms with Crippen molar-refractivity contribution < 1.29 is 13.7 Å². The highest BCUT2D eigenvalue weighted by atomic mass is 16.5. The number of benzene rings is 4. The average molecular weight is 597 g/mol. The molecule has 0 spiro atoms. The van der Waals surface area contributed by atoms with Crippen LogP contribution in [-0.4, -0.2) is 67.9 Å². The third-order valence-electron chi connectivity index (χ3n) is 11.7. The first-order valence-electron chi connectivity index (χ1n) is 18.6. The highest BCUT2D eigenvalue weighted by molar-refractivity contribution is 6.23. The number of unbranched alkanes of at least 4 members (excludes halogenated alkanes) is 12. The predicted molar refractivity (Wildman–Crippen MR) is 190 cm³/mol. The zero-order valence-electron chi connectivity index (χ0n) is 28.0. The maximum atomic E-state index is 6.29. The Hall–Kier alpha value is -2.20. The molecule has 0 radical (unpaired) electrons. The molecule has 0 unspecified atom stereocenters. The van der Waals surface area contributed by atoms with Crippen LogP contribution < -0.4 is 0 Å². The Bertz CT molecular complexity index is 1400. The van der Waals surface area contributed by atoms with E-state index in [9.17, 15) is 0 Å². The fraction of sp³-hybridized carbons (Fsp3) is 0.610. The van der Waals surface area contributed by atoms with E-state index in [1.807, 2.05) is 0 Å². The number of rotatable bonds is 20. The molecule has 3 aliphatic heterocycles. The van der Waals surface area contributed by atoms with Crippen molar-refractivity contribution in [1.82, 2.24) is 0 Å². The summed E-state index contributed by atoms with van der Waals surface area (Å²) in [6.07, 6.45) is 19.9. The van der Waals surface area contributed by atoms with Crippen molar-refractivity contribution >= 4 is 32.3 Å². The first-order valence-corrected chi connectivity index (χ1v) is 18.6. The Morgan fingerprint density at radius 1 is 0.500 bits per heavy atom. The molecule has 3 aliphatic rings. The van der Waals surface area contributed by atoms with Crippen molar-refractivity contribution in [1.29, 1.82) is 0 Å². The van der Waals surface area contributed by atoms with Crippen LogP contribution in [0.25, 0.3) is 32.3 Å². The fourth-order valence-electron chi connectivity index (χ4n) is 8.66. The van der Waals surface area contributed by atoms with Crippen molar-refractivity contribution in [3.05, 3.63) is 60.2 Å². The summed E-state index contributed by atoms with van der Waals surface area (Å²) < 4.78 is 9.13. The summed E-state index contributed by atoms with van der Waals surface area (Å²) in [6.45, 7) is 15.3. The van der Waals surface area contributed by atoms with E-state index < -0.39 is 0 Å². The number of ether oxygens (including phenoxy) is 1. The maximum Gasteiger partial charge on any atom is 0.129 e. The molecule has 0 aliphatic carbocycles. The highest BCUT2D eigenvalue weighted by Gasteiger charge is 2.48. The van der Waals surface area contributed by atoms with E-state index in [2.05, 4.69) is 61.5 Å². The van der Waals surface area contributed by atoms with Crippen molar-refractivity contribution in [2.24, 2.45) is 0 Å². The molecule has 0 saturated carbocycles. The van der Waals surface area contributed by atoms with Gasteiger partial charge in [-0.25, -0.2) is 0 Å². The molecule has 3 heteroatoms. The number of piperazine rings is 3. The second kappa shape index (κ2) is 15.4. The molecule has 0 N–H and O–H groups in total. The zero-order valence-corrected chi connectivity index (χ0v) is 28.0. The van der Waals surface area contributed by atoms with Gasteiger partial charge in [-0.1, -0.05) is 126 Å². The Kier molecular flexibility index (Phi) is 11.1. The van der Waals surface area contributed by atoms with Crippen LogP contribution >= 0.6 is 0 Å². The van der Waals surface area contributed by atoms with E-state index >= 15 is 0 Å². The molecule has 3 saturated heterocycles. The Morgan fingerprint density at radius 2 is 0.977 bits per heavy atom. The monoisotopic (exact) mass is 596 g/mol. The molecule has 3 heterocycles. The molecule has 4 aromatic carbocycles. The van der Waals surface area contributed by atoms with Crippen LogP contribution in [0.5, 0.6) is 0 Å². The van der Waals surface area contributed by atoms with Gasteiger partial charge < -0.3 is 13.7 Å². The van der Waals surface area contributed by atoms with Gasteiger partial charge in [-0.2, -0.15) is 0 Å². The van der Waals surface area contributed by atoms with Crippen LogP contribution in [0.15, 0.2) is 54.6 Å². The average Bonchev–Trinajstić information content (AvgIpc) is 3.07. The Balaban J connectivity index is 0.847. The summed E-state index contributed by atoms with van der Waals surface area (Å²) in [4.78, 5) is 0. The number of hydrogen-bond donors (Lipinski definition) is 0. The Morgan fingerprint density at radius 3 is 1.57 bits per heavy atom. The lowest BCUT2D eigenvalue weighted by atomic mass is 9.92. The standard InChI is InChI=1S/C41H60N2O/c1-2-3-4-5-6-7-8-9-10-11-12-13-25-42-27-30-43(31-28-42,32-29-42)26-14-15-33-44-34-38-22-21-37-20-19-35-17-16-18-36-23-24-39(38)41(37)40(35)36/h16-24H,2-15,25-34H2,1H3/q+2. The lowest BCUT2D eigenvalue weighted by molar-refractivity contribution is -1.08. The molecule has 0 aromatic heterocycles. The third-order valence-corrected chi connectivity index (χ3v) is 11.7. The smallest absolute Gasteiger partial charge is 0.129 e. The molecule has 7 rings (SSSR count). The van der Waals surface area contributed by atoms with Gasteiger partial charge in [0.05, 0.1) is 19.7 Å². The largest absolute Gasteiger partial charge is 0.377 e. The number of hydrogen-bond acceptors (Lipinski definition) is 1. The highest BCUT2D eigenvalue weighted by Crippen LogP contribution is 2.36. The van der Waals surface area contributed by atoms with Gasteiger partial charge in [0.25, 0.3) is 0 Å². The van der Waals surface area contributed by atoms with Crippen molar-refractivity contribution in [3.8, 4) is 0 Å². The fourth-order valence-corrected chi connectivity index (χ4v) is 8.66. The second-order valence-corrected chi connectivity index (χ2v) is 14.7. The molecule has 0 atom stereocenters. The molecule has 238 valence electrons.